The summed E-state index contributed by atoms with van der Waals surface area (Å²) in [4.78, 5) is 32.3. The molecule has 0 bridgehead atoms. The van der Waals surface area contributed by atoms with Crippen molar-refractivity contribution in [2.45, 2.75) is 39.0 Å². The number of hydrogen-bond acceptors (Lipinski definition) is 3. The number of para-hydroxylation sites is 1. The van der Waals surface area contributed by atoms with Crippen LogP contribution in [0.25, 0.3) is 16.6 Å². The lowest BCUT2D eigenvalue weighted by Crippen LogP contribution is -2.27. The van der Waals surface area contributed by atoms with Crippen molar-refractivity contribution in [2.24, 2.45) is 0 Å². The fourth-order valence-corrected chi connectivity index (χ4v) is 4.02. The number of amides is 2. The van der Waals surface area contributed by atoms with Gasteiger partial charge in [0.05, 0.1) is 5.69 Å². The highest BCUT2D eigenvalue weighted by Gasteiger charge is 2.15. The van der Waals surface area contributed by atoms with Crippen LogP contribution >= 0.6 is 0 Å². The Bertz CT molecular complexity index is 1220. The largest absolute Gasteiger partial charge is 0.361 e. The number of aromatic amines is 1. The second-order valence-electron chi connectivity index (χ2n) is 8.00. The lowest BCUT2D eigenvalue weighted by molar-refractivity contribution is -0.121. The fourth-order valence-electron chi connectivity index (χ4n) is 4.02. The van der Waals surface area contributed by atoms with Crippen LogP contribution in [0.2, 0.25) is 0 Å². The van der Waals surface area contributed by atoms with Gasteiger partial charge in [0.2, 0.25) is 5.91 Å². The third-order valence-electron chi connectivity index (χ3n) is 5.68. The minimum absolute atomic E-state index is 0.0789. The molecule has 7 heteroatoms. The van der Waals surface area contributed by atoms with Gasteiger partial charge in [0.15, 0.2) is 0 Å². The van der Waals surface area contributed by atoms with E-state index in [0.29, 0.717) is 25.2 Å². The first-order valence-corrected chi connectivity index (χ1v) is 11.2. The third kappa shape index (κ3) is 4.99. The van der Waals surface area contributed by atoms with Crippen LogP contribution in [0, 0.1) is 6.92 Å². The summed E-state index contributed by atoms with van der Waals surface area (Å²) in [5.74, 6) is -0.0357. The van der Waals surface area contributed by atoms with E-state index in [-0.39, 0.29) is 11.8 Å². The van der Waals surface area contributed by atoms with E-state index in [0.717, 1.165) is 42.5 Å². The number of carbonyl (C=O) groups excluding carboxylic acids is 2. The summed E-state index contributed by atoms with van der Waals surface area (Å²) >= 11 is 0. The number of H-pyrrole nitrogens is 1. The molecule has 0 fully saturated rings. The number of rotatable bonds is 10. The maximum atomic E-state index is 12.5. The highest BCUT2D eigenvalue weighted by molar-refractivity contribution is 5.94. The number of imidazole rings is 1. The lowest BCUT2D eigenvalue weighted by Gasteiger charge is -2.07. The van der Waals surface area contributed by atoms with Crippen molar-refractivity contribution in [1.29, 1.82) is 0 Å². The quantitative estimate of drug-likeness (QED) is 0.334. The molecule has 0 atom stereocenters. The molecule has 0 aliphatic heterocycles. The zero-order valence-electron chi connectivity index (χ0n) is 18.4. The van der Waals surface area contributed by atoms with Gasteiger partial charge in [0.25, 0.3) is 5.91 Å². The van der Waals surface area contributed by atoms with Crippen LogP contribution in [0.3, 0.4) is 0 Å². The van der Waals surface area contributed by atoms with Gasteiger partial charge in [-0.25, -0.2) is 4.98 Å². The number of aryl methyl sites for hydroxylation is 1. The van der Waals surface area contributed by atoms with Crippen LogP contribution < -0.4 is 10.6 Å². The van der Waals surface area contributed by atoms with E-state index in [1.165, 1.54) is 10.9 Å². The Morgan fingerprint density at radius 1 is 1.00 bits per heavy atom. The van der Waals surface area contributed by atoms with Gasteiger partial charge in [0.1, 0.15) is 11.3 Å². The van der Waals surface area contributed by atoms with Gasteiger partial charge in [-0.1, -0.05) is 30.7 Å². The maximum Gasteiger partial charge on any atom is 0.270 e. The molecule has 32 heavy (non-hydrogen) atoms. The summed E-state index contributed by atoms with van der Waals surface area (Å²) in [5, 5.41) is 7.18. The fraction of sp³-hybridized carbons (Fsp3) is 0.320. The molecule has 0 aliphatic carbocycles. The first-order valence-electron chi connectivity index (χ1n) is 11.2. The SMILES string of the molecule is Cc1nc2ccccn2c1C(=O)NCCCCCC(=O)NCCc1c[nH]c2ccccc12. The zero-order chi connectivity index (χ0) is 22.3. The van der Waals surface area contributed by atoms with Crippen LogP contribution in [-0.4, -0.2) is 39.3 Å². The first-order chi connectivity index (χ1) is 15.6. The second kappa shape index (κ2) is 10.1. The molecule has 3 N–H and O–H groups in total. The number of aromatic nitrogens is 3. The van der Waals surface area contributed by atoms with Crippen molar-refractivity contribution < 1.29 is 9.59 Å². The number of nitrogens with one attached hydrogen (secondary N) is 3. The van der Waals surface area contributed by atoms with Crippen molar-refractivity contribution in [3.05, 3.63) is 71.8 Å². The average Bonchev–Trinajstić information content (AvgIpc) is 3.36. The predicted octanol–water partition coefficient (Wildman–Crippen LogP) is 3.77. The molecular formula is C25H29N5O2. The van der Waals surface area contributed by atoms with Crippen molar-refractivity contribution >= 4 is 28.4 Å². The normalized spacial score (nSPS) is 11.2. The molecule has 0 unspecified atom stereocenters. The summed E-state index contributed by atoms with van der Waals surface area (Å²) in [6, 6.07) is 13.9. The summed E-state index contributed by atoms with van der Waals surface area (Å²) in [5.41, 5.74) is 4.41. The smallest absolute Gasteiger partial charge is 0.270 e. The zero-order valence-corrected chi connectivity index (χ0v) is 18.4. The molecule has 3 heterocycles. The molecule has 3 aromatic heterocycles. The molecule has 4 aromatic rings. The molecule has 0 saturated heterocycles. The number of nitrogens with zero attached hydrogens (tertiary/aromatic N) is 2. The molecule has 0 spiro atoms. The molecule has 7 nitrogen and oxygen atoms in total. The van der Waals surface area contributed by atoms with E-state index < -0.39 is 0 Å². The Labute approximate surface area is 187 Å². The van der Waals surface area contributed by atoms with Gasteiger partial charge in [-0.05, 0) is 49.9 Å². The molecule has 0 saturated carbocycles. The van der Waals surface area contributed by atoms with Crippen LogP contribution in [0.5, 0.6) is 0 Å². The van der Waals surface area contributed by atoms with Crippen LogP contribution in [0.4, 0.5) is 0 Å². The number of hydrogen-bond donors (Lipinski definition) is 3. The van der Waals surface area contributed by atoms with Gasteiger partial charge in [-0.2, -0.15) is 0 Å². The predicted molar refractivity (Wildman–Crippen MR) is 126 cm³/mol. The van der Waals surface area contributed by atoms with E-state index >= 15 is 0 Å². The van der Waals surface area contributed by atoms with Crippen LogP contribution in [0.15, 0.2) is 54.9 Å². The van der Waals surface area contributed by atoms with Crippen molar-refractivity contribution in [2.75, 3.05) is 13.1 Å². The van der Waals surface area contributed by atoms with Crippen molar-refractivity contribution in [3.63, 3.8) is 0 Å². The van der Waals surface area contributed by atoms with Crippen molar-refractivity contribution in [3.8, 4) is 0 Å². The Hall–Kier alpha value is -3.61. The number of pyridine rings is 1. The van der Waals surface area contributed by atoms with E-state index in [4.69, 9.17) is 0 Å². The van der Waals surface area contributed by atoms with Crippen LogP contribution in [-0.2, 0) is 11.2 Å². The summed E-state index contributed by atoms with van der Waals surface area (Å²) in [6.45, 7) is 3.06. The van der Waals surface area contributed by atoms with Gasteiger partial charge in [-0.15, -0.1) is 0 Å². The van der Waals surface area contributed by atoms with Gasteiger partial charge in [0, 0.05) is 42.8 Å². The number of fused-ring (bicyclic) bond motifs is 2. The van der Waals surface area contributed by atoms with Gasteiger partial charge < -0.3 is 15.6 Å². The lowest BCUT2D eigenvalue weighted by atomic mass is 10.1. The maximum absolute atomic E-state index is 12.5. The Morgan fingerprint density at radius 3 is 2.75 bits per heavy atom. The van der Waals surface area contributed by atoms with Crippen LogP contribution in [0.1, 0.15) is 47.4 Å². The minimum Gasteiger partial charge on any atom is -0.361 e. The van der Waals surface area contributed by atoms with E-state index in [1.807, 2.05) is 54.0 Å². The molecular weight excluding hydrogens is 402 g/mol. The second-order valence-corrected chi connectivity index (χ2v) is 8.00. The third-order valence-corrected chi connectivity index (χ3v) is 5.68. The Kier molecular flexibility index (Phi) is 6.84. The minimum atomic E-state index is -0.115. The molecule has 0 aliphatic rings. The molecule has 4 rings (SSSR count). The molecule has 166 valence electrons. The number of unbranched alkanes of at least 4 members (excludes halogenated alkanes) is 2. The van der Waals surface area contributed by atoms with Gasteiger partial charge in [-0.3, -0.25) is 14.0 Å². The standard InChI is InChI=1S/C25H29N5O2/c1-18-24(30-16-8-6-11-22(30)29-18)25(32)27-14-7-2-3-12-23(31)26-15-13-19-17-28-21-10-5-4-9-20(19)21/h4-6,8-11,16-17,28H,2-3,7,12-15H2,1H3,(H,26,31)(H,27,32). The Balaban J connectivity index is 1.11. The van der Waals surface area contributed by atoms with E-state index in [2.05, 4.69) is 32.7 Å². The topological polar surface area (TPSA) is 91.3 Å². The summed E-state index contributed by atoms with van der Waals surface area (Å²) < 4.78 is 1.81. The van der Waals surface area contributed by atoms with E-state index in [1.54, 1.807) is 0 Å². The number of carbonyl (C=O) groups is 2. The highest BCUT2D eigenvalue weighted by atomic mass is 16.2. The number of benzene rings is 1. The van der Waals surface area contributed by atoms with Crippen molar-refractivity contribution in [1.82, 2.24) is 25.0 Å². The highest BCUT2D eigenvalue weighted by Crippen LogP contribution is 2.17. The Morgan fingerprint density at radius 2 is 1.84 bits per heavy atom. The molecule has 0 radical (unpaired) electrons. The summed E-state index contributed by atoms with van der Waals surface area (Å²) in [6.07, 6.45) is 7.72. The summed E-state index contributed by atoms with van der Waals surface area (Å²) in [7, 11) is 0. The molecule has 2 amide bonds. The molecule has 1 aromatic carbocycles. The van der Waals surface area contributed by atoms with E-state index in [9.17, 15) is 9.59 Å². The average molecular weight is 432 g/mol. The monoisotopic (exact) mass is 431 g/mol. The first kappa shape index (κ1) is 21.6. The van der Waals surface area contributed by atoms with Gasteiger partial charge >= 0.3 is 0 Å².